The molecule has 5 nitrogen and oxygen atoms in total. The molecule has 0 radical (unpaired) electrons. The fraction of sp³-hybridized carbons (Fsp3) is 0.316. The van der Waals surface area contributed by atoms with Crippen LogP contribution in [-0.2, 0) is 6.42 Å². The number of fused-ring (bicyclic) bond motifs is 1. The maximum absolute atomic E-state index is 12.3. The van der Waals surface area contributed by atoms with Crippen molar-refractivity contribution in [2.45, 2.75) is 33.6 Å². The molecule has 130 valence electrons. The molecular weight excluding hydrogens is 336 g/mol. The minimum atomic E-state index is -0.131. The first kappa shape index (κ1) is 17.4. The topological polar surface area (TPSA) is 59.3 Å². The van der Waals surface area contributed by atoms with Crippen LogP contribution in [0.3, 0.4) is 0 Å². The van der Waals surface area contributed by atoms with Crippen LogP contribution in [0, 0.1) is 13.8 Å². The fourth-order valence-corrected chi connectivity index (χ4v) is 2.99. The number of carbonyl (C=O) groups excluding carboxylic acids is 1. The standard InChI is InChI=1S/C19H21ClN4O/c1-4-9-21-19(25)17-11-22-24-13(3)16(12(2)23-18(17)24)10-14-5-7-15(20)8-6-14/h5-8,11H,4,9-10H2,1-3H3,(H,21,25). The van der Waals surface area contributed by atoms with Crippen molar-refractivity contribution in [2.75, 3.05) is 6.54 Å². The Bertz CT molecular complexity index is 915. The molecule has 0 saturated carbocycles. The molecule has 0 aliphatic carbocycles. The summed E-state index contributed by atoms with van der Waals surface area (Å²) in [5, 5.41) is 7.98. The number of halogens is 1. The van der Waals surface area contributed by atoms with Crippen LogP contribution >= 0.6 is 11.6 Å². The van der Waals surface area contributed by atoms with Gasteiger partial charge in [0.15, 0.2) is 5.65 Å². The number of hydrogen-bond donors (Lipinski definition) is 1. The molecule has 3 rings (SSSR count). The van der Waals surface area contributed by atoms with E-state index in [0.717, 1.165) is 40.4 Å². The van der Waals surface area contributed by atoms with Crippen LogP contribution in [0.5, 0.6) is 0 Å². The van der Waals surface area contributed by atoms with E-state index in [-0.39, 0.29) is 5.91 Å². The number of aryl methyl sites for hydroxylation is 2. The maximum Gasteiger partial charge on any atom is 0.256 e. The molecule has 1 N–H and O–H groups in total. The van der Waals surface area contributed by atoms with Gasteiger partial charge in [0.1, 0.15) is 5.56 Å². The molecule has 2 aromatic heterocycles. The van der Waals surface area contributed by atoms with Gasteiger partial charge in [0.05, 0.1) is 6.20 Å². The zero-order chi connectivity index (χ0) is 18.0. The van der Waals surface area contributed by atoms with Crippen LogP contribution in [0.15, 0.2) is 30.5 Å². The summed E-state index contributed by atoms with van der Waals surface area (Å²) in [4.78, 5) is 16.9. The van der Waals surface area contributed by atoms with Crippen LogP contribution in [-0.4, -0.2) is 27.0 Å². The van der Waals surface area contributed by atoms with E-state index in [4.69, 9.17) is 11.6 Å². The van der Waals surface area contributed by atoms with Gasteiger partial charge in [-0.15, -0.1) is 0 Å². The number of aromatic nitrogens is 3. The molecule has 1 aromatic carbocycles. The highest BCUT2D eigenvalue weighted by molar-refractivity contribution is 6.30. The first-order valence-corrected chi connectivity index (χ1v) is 8.75. The average molecular weight is 357 g/mol. The lowest BCUT2D eigenvalue weighted by Gasteiger charge is -2.12. The van der Waals surface area contributed by atoms with Gasteiger partial charge < -0.3 is 5.32 Å². The Hall–Kier alpha value is -2.40. The zero-order valence-corrected chi connectivity index (χ0v) is 15.4. The van der Waals surface area contributed by atoms with Gasteiger partial charge in [0.2, 0.25) is 0 Å². The number of hydrogen-bond acceptors (Lipinski definition) is 3. The number of nitrogens with one attached hydrogen (secondary N) is 1. The van der Waals surface area contributed by atoms with Crippen molar-refractivity contribution in [1.82, 2.24) is 19.9 Å². The van der Waals surface area contributed by atoms with Crippen LogP contribution in [0.25, 0.3) is 5.65 Å². The largest absolute Gasteiger partial charge is 0.352 e. The van der Waals surface area contributed by atoms with Crippen LogP contribution < -0.4 is 5.32 Å². The fourth-order valence-electron chi connectivity index (χ4n) is 2.87. The first-order chi connectivity index (χ1) is 12.0. The van der Waals surface area contributed by atoms with E-state index in [1.807, 2.05) is 45.0 Å². The van der Waals surface area contributed by atoms with Gasteiger partial charge >= 0.3 is 0 Å². The predicted molar refractivity (Wildman–Crippen MR) is 99.3 cm³/mol. The van der Waals surface area contributed by atoms with E-state index in [1.54, 1.807) is 10.7 Å². The maximum atomic E-state index is 12.3. The van der Waals surface area contributed by atoms with Gasteiger partial charge in [0.25, 0.3) is 5.91 Å². The molecule has 0 unspecified atom stereocenters. The molecule has 0 atom stereocenters. The minimum Gasteiger partial charge on any atom is -0.352 e. The molecule has 25 heavy (non-hydrogen) atoms. The third-order valence-corrected chi connectivity index (χ3v) is 4.53. The summed E-state index contributed by atoms with van der Waals surface area (Å²) in [6, 6.07) is 7.80. The lowest BCUT2D eigenvalue weighted by Crippen LogP contribution is -2.24. The third kappa shape index (κ3) is 3.51. The predicted octanol–water partition coefficient (Wildman–Crippen LogP) is 3.73. The molecule has 0 aliphatic heterocycles. The van der Waals surface area contributed by atoms with Gasteiger partial charge in [-0.3, -0.25) is 4.79 Å². The van der Waals surface area contributed by atoms with Gasteiger partial charge in [0, 0.05) is 29.4 Å². The van der Waals surface area contributed by atoms with Crippen molar-refractivity contribution < 1.29 is 4.79 Å². The molecule has 1 amide bonds. The average Bonchev–Trinajstić information content (AvgIpc) is 3.02. The monoisotopic (exact) mass is 356 g/mol. The lowest BCUT2D eigenvalue weighted by molar-refractivity contribution is 0.0955. The Balaban J connectivity index is 1.99. The molecule has 3 aromatic rings. The van der Waals surface area contributed by atoms with Crippen molar-refractivity contribution in [3.05, 3.63) is 63.6 Å². The number of amides is 1. The second-order valence-corrected chi connectivity index (χ2v) is 6.55. The number of benzene rings is 1. The quantitative estimate of drug-likeness (QED) is 0.757. The van der Waals surface area contributed by atoms with Gasteiger partial charge in [-0.05, 0) is 43.5 Å². The molecule has 0 spiro atoms. The lowest BCUT2D eigenvalue weighted by atomic mass is 10.0. The smallest absolute Gasteiger partial charge is 0.256 e. The van der Waals surface area contributed by atoms with Gasteiger partial charge in [-0.1, -0.05) is 30.7 Å². The van der Waals surface area contributed by atoms with Crippen LogP contribution in [0.2, 0.25) is 5.02 Å². The summed E-state index contributed by atoms with van der Waals surface area (Å²) in [7, 11) is 0. The van der Waals surface area contributed by atoms with E-state index in [9.17, 15) is 4.79 Å². The zero-order valence-electron chi connectivity index (χ0n) is 14.6. The van der Waals surface area contributed by atoms with Crippen molar-refractivity contribution in [1.29, 1.82) is 0 Å². The second kappa shape index (κ2) is 7.23. The highest BCUT2D eigenvalue weighted by atomic mass is 35.5. The highest BCUT2D eigenvalue weighted by Crippen LogP contribution is 2.21. The van der Waals surface area contributed by atoms with Crippen LogP contribution in [0.4, 0.5) is 0 Å². The number of rotatable bonds is 5. The van der Waals surface area contributed by atoms with E-state index in [2.05, 4.69) is 15.4 Å². The summed E-state index contributed by atoms with van der Waals surface area (Å²) in [5.41, 5.74) is 5.28. The van der Waals surface area contributed by atoms with E-state index in [1.165, 1.54) is 0 Å². The normalized spacial score (nSPS) is 11.0. The SMILES string of the molecule is CCCNC(=O)c1cnn2c(C)c(Cc3ccc(Cl)cc3)c(C)nc12. The summed E-state index contributed by atoms with van der Waals surface area (Å²) in [6.45, 7) is 6.64. The Labute approximate surface area is 152 Å². The molecule has 2 heterocycles. The van der Waals surface area contributed by atoms with Crippen molar-refractivity contribution in [3.8, 4) is 0 Å². The Morgan fingerprint density at radius 2 is 1.96 bits per heavy atom. The van der Waals surface area contributed by atoms with Gasteiger partial charge in [-0.25, -0.2) is 9.50 Å². The van der Waals surface area contributed by atoms with E-state index >= 15 is 0 Å². The minimum absolute atomic E-state index is 0.131. The molecule has 0 bridgehead atoms. The summed E-state index contributed by atoms with van der Waals surface area (Å²) < 4.78 is 1.75. The number of nitrogens with zero attached hydrogens (tertiary/aromatic N) is 3. The van der Waals surface area contributed by atoms with Crippen molar-refractivity contribution in [2.24, 2.45) is 0 Å². The van der Waals surface area contributed by atoms with Crippen molar-refractivity contribution >= 4 is 23.2 Å². The molecule has 0 saturated heterocycles. The summed E-state index contributed by atoms with van der Waals surface area (Å²) in [5.74, 6) is -0.131. The Morgan fingerprint density at radius 3 is 2.64 bits per heavy atom. The van der Waals surface area contributed by atoms with E-state index < -0.39 is 0 Å². The van der Waals surface area contributed by atoms with Crippen LogP contribution in [0.1, 0.15) is 46.2 Å². The van der Waals surface area contributed by atoms with E-state index in [0.29, 0.717) is 17.8 Å². The second-order valence-electron chi connectivity index (χ2n) is 6.11. The Kier molecular flexibility index (Phi) is 5.04. The molecular formula is C19H21ClN4O. The number of carbonyl (C=O) groups is 1. The molecule has 0 fully saturated rings. The van der Waals surface area contributed by atoms with Gasteiger partial charge in [-0.2, -0.15) is 5.10 Å². The first-order valence-electron chi connectivity index (χ1n) is 8.37. The third-order valence-electron chi connectivity index (χ3n) is 4.28. The molecule has 0 aliphatic rings. The molecule has 6 heteroatoms. The highest BCUT2D eigenvalue weighted by Gasteiger charge is 2.18. The van der Waals surface area contributed by atoms with Crippen molar-refractivity contribution in [3.63, 3.8) is 0 Å². The summed E-state index contributed by atoms with van der Waals surface area (Å²) in [6.07, 6.45) is 3.22. The summed E-state index contributed by atoms with van der Waals surface area (Å²) >= 11 is 5.96. The Morgan fingerprint density at radius 1 is 1.24 bits per heavy atom.